The van der Waals surface area contributed by atoms with Crippen LogP contribution in [0.4, 0.5) is 0 Å². The molecule has 0 bridgehead atoms. The van der Waals surface area contributed by atoms with E-state index in [4.69, 9.17) is 4.74 Å². The Morgan fingerprint density at radius 3 is 2.71 bits per heavy atom. The summed E-state index contributed by atoms with van der Waals surface area (Å²) in [5, 5.41) is 3.74. The summed E-state index contributed by atoms with van der Waals surface area (Å²) < 4.78 is 5.42. The second-order valence-electron chi connectivity index (χ2n) is 5.14. The van der Waals surface area contributed by atoms with E-state index in [1.165, 1.54) is 24.8 Å². The fourth-order valence-corrected chi connectivity index (χ4v) is 2.83. The van der Waals surface area contributed by atoms with Crippen LogP contribution in [0.25, 0.3) is 0 Å². The second kappa shape index (κ2) is 5.54. The molecule has 0 heterocycles. The summed E-state index contributed by atoms with van der Waals surface area (Å²) in [6.45, 7) is 4.57. The van der Waals surface area contributed by atoms with E-state index in [1.54, 1.807) is 7.11 Å². The number of ether oxygens (including phenoxy) is 1. The summed E-state index contributed by atoms with van der Waals surface area (Å²) in [5.74, 6) is 1.78. The van der Waals surface area contributed by atoms with E-state index in [-0.39, 0.29) is 0 Å². The van der Waals surface area contributed by atoms with Crippen LogP contribution in [0.3, 0.4) is 0 Å². The van der Waals surface area contributed by atoms with E-state index in [9.17, 15) is 0 Å². The van der Waals surface area contributed by atoms with Gasteiger partial charge in [0.15, 0.2) is 0 Å². The number of nitrogens with one attached hydrogen (secondary N) is 1. The topological polar surface area (TPSA) is 21.3 Å². The molecule has 1 aliphatic rings. The van der Waals surface area contributed by atoms with Crippen molar-refractivity contribution in [3.63, 3.8) is 0 Å². The zero-order chi connectivity index (χ0) is 12.3. The average Bonchev–Trinajstić information content (AvgIpc) is 2.75. The van der Waals surface area contributed by atoms with Gasteiger partial charge in [0.25, 0.3) is 0 Å². The second-order valence-corrected chi connectivity index (χ2v) is 5.14. The predicted octanol–water partition coefficient (Wildman–Crippen LogP) is 3.53. The normalized spacial score (nSPS) is 25.8. The first kappa shape index (κ1) is 12.4. The van der Waals surface area contributed by atoms with Crippen LogP contribution in [0.5, 0.6) is 5.75 Å². The Labute approximate surface area is 104 Å². The van der Waals surface area contributed by atoms with Crippen molar-refractivity contribution in [2.45, 2.75) is 45.2 Å². The van der Waals surface area contributed by atoms with Gasteiger partial charge in [0.2, 0.25) is 0 Å². The van der Waals surface area contributed by atoms with E-state index >= 15 is 0 Å². The van der Waals surface area contributed by atoms with Crippen molar-refractivity contribution >= 4 is 0 Å². The molecular formula is C15H23NO. The van der Waals surface area contributed by atoms with E-state index < -0.39 is 0 Å². The Morgan fingerprint density at radius 1 is 1.29 bits per heavy atom. The first-order valence-electron chi connectivity index (χ1n) is 6.61. The van der Waals surface area contributed by atoms with Gasteiger partial charge in [-0.1, -0.05) is 31.5 Å². The van der Waals surface area contributed by atoms with Crippen LogP contribution in [0, 0.1) is 5.92 Å². The summed E-state index contributed by atoms with van der Waals surface area (Å²) >= 11 is 0. The number of rotatable bonds is 4. The third kappa shape index (κ3) is 2.81. The Balaban J connectivity index is 2.06. The number of hydrogen-bond donors (Lipinski definition) is 1. The lowest BCUT2D eigenvalue weighted by atomic mass is 10.0. The van der Waals surface area contributed by atoms with Gasteiger partial charge in [-0.15, -0.1) is 0 Å². The molecule has 0 saturated heterocycles. The van der Waals surface area contributed by atoms with Crippen LogP contribution in [0.1, 0.15) is 44.7 Å². The largest absolute Gasteiger partial charge is 0.496 e. The van der Waals surface area contributed by atoms with E-state index in [0.717, 1.165) is 11.7 Å². The highest BCUT2D eigenvalue weighted by molar-refractivity contribution is 5.35. The molecule has 2 nitrogen and oxygen atoms in total. The van der Waals surface area contributed by atoms with Crippen LogP contribution in [-0.4, -0.2) is 13.2 Å². The van der Waals surface area contributed by atoms with Crippen molar-refractivity contribution in [2.75, 3.05) is 7.11 Å². The van der Waals surface area contributed by atoms with Gasteiger partial charge in [-0.05, 0) is 31.7 Å². The Hall–Kier alpha value is -1.02. The minimum atomic E-state index is 0.358. The van der Waals surface area contributed by atoms with Crippen LogP contribution in [0.2, 0.25) is 0 Å². The summed E-state index contributed by atoms with van der Waals surface area (Å²) in [6, 6.07) is 9.30. The molecule has 0 aliphatic heterocycles. The first-order valence-corrected chi connectivity index (χ1v) is 6.61. The molecule has 2 unspecified atom stereocenters. The van der Waals surface area contributed by atoms with E-state index in [0.29, 0.717) is 12.1 Å². The summed E-state index contributed by atoms with van der Waals surface area (Å²) in [5.41, 5.74) is 1.26. The third-order valence-corrected chi connectivity index (χ3v) is 3.93. The zero-order valence-corrected chi connectivity index (χ0v) is 11.1. The molecule has 94 valence electrons. The predicted molar refractivity (Wildman–Crippen MR) is 71.3 cm³/mol. The molecule has 17 heavy (non-hydrogen) atoms. The smallest absolute Gasteiger partial charge is 0.123 e. The van der Waals surface area contributed by atoms with Crippen molar-refractivity contribution in [3.05, 3.63) is 29.8 Å². The van der Waals surface area contributed by atoms with Gasteiger partial charge >= 0.3 is 0 Å². The van der Waals surface area contributed by atoms with Gasteiger partial charge in [0, 0.05) is 17.6 Å². The highest BCUT2D eigenvalue weighted by Crippen LogP contribution is 2.30. The molecule has 1 saturated carbocycles. The van der Waals surface area contributed by atoms with Gasteiger partial charge in [0.05, 0.1) is 7.11 Å². The van der Waals surface area contributed by atoms with Crippen molar-refractivity contribution < 1.29 is 4.74 Å². The van der Waals surface area contributed by atoms with E-state index in [1.807, 2.05) is 12.1 Å². The average molecular weight is 233 g/mol. The monoisotopic (exact) mass is 233 g/mol. The van der Waals surface area contributed by atoms with Crippen LogP contribution >= 0.6 is 0 Å². The van der Waals surface area contributed by atoms with Gasteiger partial charge in [-0.25, -0.2) is 0 Å². The fourth-order valence-electron chi connectivity index (χ4n) is 2.83. The highest BCUT2D eigenvalue weighted by atomic mass is 16.5. The first-order chi connectivity index (χ1) is 8.22. The maximum absolute atomic E-state index is 5.42. The SMILES string of the molecule is COc1ccccc1[C@@H](C)NC1CCCC1C. The molecule has 0 amide bonds. The Morgan fingerprint density at radius 2 is 2.06 bits per heavy atom. The lowest BCUT2D eigenvalue weighted by Gasteiger charge is -2.24. The van der Waals surface area contributed by atoms with Gasteiger partial charge in [0.1, 0.15) is 5.75 Å². The van der Waals surface area contributed by atoms with Gasteiger partial charge < -0.3 is 10.1 Å². The number of para-hydroxylation sites is 1. The minimum Gasteiger partial charge on any atom is -0.496 e. The van der Waals surface area contributed by atoms with Gasteiger partial charge in [-0.2, -0.15) is 0 Å². The number of hydrogen-bond acceptors (Lipinski definition) is 2. The van der Waals surface area contributed by atoms with Crippen LogP contribution in [-0.2, 0) is 0 Å². The molecule has 1 N–H and O–H groups in total. The van der Waals surface area contributed by atoms with Crippen molar-refractivity contribution in [2.24, 2.45) is 5.92 Å². The zero-order valence-electron chi connectivity index (χ0n) is 11.1. The van der Waals surface area contributed by atoms with Gasteiger partial charge in [-0.3, -0.25) is 0 Å². The molecule has 3 atom stereocenters. The standard InChI is InChI=1S/C15H23NO/c1-11-7-6-9-14(11)16-12(2)13-8-4-5-10-15(13)17-3/h4-5,8,10-12,14,16H,6-7,9H2,1-3H3/t11?,12-,14?/m1/s1. The molecule has 0 aromatic heterocycles. The summed E-state index contributed by atoms with van der Waals surface area (Å²) in [6.07, 6.45) is 4.02. The molecule has 1 fully saturated rings. The summed E-state index contributed by atoms with van der Waals surface area (Å²) in [7, 11) is 1.74. The molecule has 1 aromatic rings. The molecule has 2 rings (SSSR count). The van der Waals surface area contributed by atoms with Crippen molar-refractivity contribution in [1.29, 1.82) is 0 Å². The highest BCUT2D eigenvalue weighted by Gasteiger charge is 2.25. The Bertz CT molecular complexity index is 364. The quantitative estimate of drug-likeness (QED) is 0.859. The molecule has 0 radical (unpaired) electrons. The lowest BCUT2D eigenvalue weighted by Crippen LogP contribution is -2.33. The van der Waals surface area contributed by atoms with Crippen LogP contribution < -0.4 is 10.1 Å². The fraction of sp³-hybridized carbons (Fsp3) is 0.600. The molecular weight excluding hydrogens is 210 g/mol. The van der Waals surface area contributed by atoms with E-state index in [2.05, 4.69) is 31.3 Å². The van der Waals surface area contributed by atoms with Crippen molar-refractivity contribution in [3.8, 4) is 5.75 Å². The molecule has 1 aliphatic carbocycles. The van der Waals surface area contributed by atoms with Crippen LogP contribution in [0.15, 0.2) is 24.3 Å². The molecule has 1 aromatic carbocycles. The minimum absolute atomic E-state index is 0.358. The lowest BCUT2D eigenvalue weighted by molar-refractivity contribution is 0.369. The maximum Gasteiger partial charge on any atom is 0.123 e. The Kier molecular flexibility index (Phi) is 4.06. The molecule has 0 spiro atoms. The third-order valence-electron chi connectivity index (χ3n) is 3.93. The summed E-state index contributed by atoms with van der Waals surface area (Å²) in [4.78, 5) is 0. The molecule has 2 heteroatoms. The number of benzene rings is 1. The maximum atomic E-state index is 5.42. The number of methoxy groups -OCH3 is 1. The van der Waals surface area contributed by atoms with Crippen molar-refractivity contribution in [1.82, 2.24) is 5.32 Å².